The molecule has 1 aliphatic rings. The topological polar surface area (TPSA) is 115 Å². The third kappa shape index (κ3) is 3.11. The molecule has 2 aromatic heterocycles. The summed E-state index contributed by atoms with van der Waals surface area (Å²) < 4.78 is 4.30. The van der Waals surface area contributed by atoms with Crippen LogP contribution in [0, 0.1) is 11.3 Å². The summed E-state index contributed by atoms with van der Waals surface area (Å²) in [5, 5.41) is 9.47. The highest BCUT2D eigenvalue weighted by Crippen LogP contribution is 2.24. The van der Waals surface area contributed by atoms with Crippen molar-refractivity contribution in [1.29, 1.82) is 5.26 Å². The number of imidazole rings is 1. The molecule has 0 amide bonds. The summed E-state index contributed by atoms with van der Waals surface area (Å²) in [6.45, 7) is 1.62. The average Bonchev–Trinajstić information content (AvgIpc) is 3.10. The Labute approximate surface area is 167 Å². The van der Waals surface area contributed by atoms with Gasteiger partial charge in [0.1, 0.15) is 5.52 Å². The van der Waals surface area contributed by atoms with Crippen molar-refractivity contribution in [2.24, 2.45) is 19.8 Å². The molecule has 1 aromatic carbocycles. The molecule has 3 aromatic rings. The second-order valence-corrected chi connectivity index (χ2v) is 7.47. The van der Waals surface area contributed by atoms with Crippen molar-refractivity contribution >= 4 is 17.0 Å². The van der Waals surface area contributed by atoms with Crippen LogP contribution in [0.2, 0.25) is 0 Å². The Kier molecular flexibility index (Phi) is 4.72. The van der Waals surface area contributed by atoms with E-state index in [1.165, 1.54) is 9.36 Å². The molecular formula is C20H23N7O2. The molecule has 0 radical (unpaired) electrons. The summed E-state index contributed by atoms with van der Waals surface area (Å²) in [6, 6.07) is 9.44. The number of nitriles is 1. The summed E-state index contributed by atoms with van der Waals surface area (Å²) in [5.41, 5.74) is 7.19. The monoisotopic (exact) mass is 393 g/mol. The van der Waals surface area contributed by atoms with Crippen molar-refractivity contribution in [3.63, 3.8) is 0 Å². The van der Waals surface area contributed by atoms with Crippen molar-refractivity contribution in [3.8, 4) is 6.07 Å². The molecule has 1 atom stereocenters. The zero-order valence-electron chi connectivity index (χ0n) is 16.5. The van der Waals surface area contributed by atoms with Crippen molar-refractivity contribution < 1.29 is 0 Å². The van der Waals surface area contributed by atoms with Crippen LogP contribution in [-0.4, -0.2) is 38.0 Å². The Morgan fingerprint density at radius 1 is 1.21 bits per heavy atom. The smallest absolute Gasteiger partial charge is 0.293 e. The van der Waals surface area contributed by atoms with Crippen LogP contribution in [0.3, 0.4) is 0 Å². The summed E-state index contributed by atoms with van der Waals surface area (Å²) in [5.74, 6) is 0.545. The second-order valence-electron chi connectivity index (χ2n) is 7.47. The Morgan fingerprint density at radius 3 is 2.66 bits per heavy atom. The molecule has 1 fully saturated rings. The number of fused-ring (bicyclic) bond motifs is 1. The Morgan fingerprint density at radius 2 is 1.93 bits per heavy atom. The van der Waals surface area contributed by atoms with E-state index in [1.54, 1.807) is 30.8 Å². The fourth-order valence-electron chi connectivity index (χ4n) is 3.91. The normalized spacial score (nSPS) is 16.9. The van der Waals surface area contributed by atoms with Crippen LogP contribution in [0.5, 0.6) is 0 Å². The highest BCUT2D eigenvalue weighted by atomic mass is 16.2. The lowest BCUT2D eigenvalue weighted by Crippen LogP contribution is -2.44. The number of piperidine rings is 1. The standard InChI is InChI=1S/C20H23N7O2/c1-24-18(28)16-17(19(29)25(24)2)27(11-14-7-4-3-6-13(14)10-21)20(23-16)26-9-5-8-15(22)12-26/h3-4,6-7,15H,5,8-9,11-12,22H2,1-2H3. The first-order valence-corrected chi connectivity index (χ1v) is 9.57. The van der Waals surface area contributed by atoms with Crippen molar-refractivity contribution in [3.05, 3.63) is 56.1 Å². The van der Waals surface area contributed by atoms with Gasteiger partial charge in [-0.25, -0.2) is 14.3 Å². The number of nitrogens with zero attached hydrogens (tertiary/aromatic N) is 6. The minimum Gasteiger partial charge on any atom is -0.341 e. The summed E-state index contributed by atoms with van der Waals surface area (Å²) >= 11 is 0. The summed E-state index contributed by atoms with van der Waals surface area (Å²) in [4.78, 5) is 32.5. The van der Waals surface area contributed by atoms with Crippen LogP contribution < -0.4 is 21.8 Å². The Hall–Kier alpha value is -3.38. The number of nitrogens with two attached hydrogens (primary N) is 1. The van der Waals surface area contributed by atoms with Crippen LogP contribution in [-0.2, 0) is 20.6 Å². The molecule has 1 unspecified atom stereocenters. The average molecular weight is 393 g/mol. The number of anilines is 1. The van der Waals surface area contributed by atoms with Gasteiger partial charge in [-0.15, -0.1) is 0 Å². The van der Waals surface area contributed by atoms with E-state index >= 15 is 0 Å². The first-order chi connectivity index (χ1) is 13.9. The van der Waals surface area contributed by atoms with E-state index in [4.69, 9.17) is 5.73 Å². The van der Waals surface area contributed by atoms with E-state index in [0.29, 0.717) is 18.1 Å². The number of rotatable bonds is 3. The van der Waals surface area contributed by atoms with E-state index in [0.717, 1.165) is 24.9 Å². The molecule has 150 valence electrons. The number of aromatic nitrogens is 4. The van der Waals surface area contributed by atoms with Crippen LogP contribution in [0.25, 0.3) is 11.0 Å². The molecule has 29 heavy (non-hydrogen) atoms. The molecule has 1 aliphatic heterocycles. The number of benzene rings is 1. The van der Waals surface area contributed by atoms with Gasteiger partial charge in [0, 0.05) is 33.2 Å². The SMILES string of the molecule is Cn1c(=O)c2nc(N3CCCC(N)C3)n(Cc3ccccc3C#N)c2c(=O)n1C. The van der Waals surface area contributed by atoms with E-state index in [9.17, 15) is 14.9 Å². The quantitative estimate of drug-likeness (QED) is 0.684. The van der Waals surface area contributed by atoms with Gasteiger partial charge in [-0.1, -0.05) is 18.2 Å². The van der Waals surface area contributed by atoms with Gasteiger partial charge in [-0.05, 0) is 24.5 Å². The molecule has 0 saturated carbocycles. The molecule has 9 heteroatoms. The van der Waals surface area contributed by atoms with Gasteiger partial charge < -0.3 is 15.2 Å². The van der Waals surface area contributed by atoms with Gasteiger partial charge in [-0.2, -0.15) is 5.26 Å². The lowest BCUT2D eigenvalue weighted by Gasteiger charge is -2.32. The Bertz CT molecular complexity index is 1240. The van der Waals surface area contributed by atoms with E-state index < -0.39 is 0 Å². The number of hydrogen-bond donors (Lipinski definition) is 1. The minimum absolute atomic E-state index is 0.00840. The fraction of sp³-hybridized carbons (Fsp3) is 0.400. The second kappa shape index (κ2) is 7.22. The van der Waals surface area contributed by atoms with Crippen molar-refractivity contribution in [1.82, 2.24) is 18.9 Å². The molecule has 9 nitrogen and oxygen atoms in total. The summed E-state index contributed by atoms with van der Waals surface area (Å²) in [7, 11) is 3.10. The highest BCUT2D eigenvalue weighted by molar-refractivity contribution is 5.77. The predicted octanol–water partition coefficient (Wildman–Crippen LogP) is 0.281. The van der Waals surface area contributed by atoms with Crippen LogP contribution in [0.15, 0.2) is 33.9 Å². The van der Waals surface area contributed by atoms with Crippen LogP contribution >= 0.6 is 0 Å². The largest absolute Gasteiger partial charge is 0.341 e. The third-order valence-corrected chi connectivity index (χ3v) is 5.60. The molecule has 2 N–H and O–H groups in total. The lowest BCUT2D eigenvalue weighted by atomic mass is 10.1. The first kappa shape index (κ1) is 19.0. The molecule has 1 saturated heterocycles. The van der Waals surface area contributed by atoms with Gasteiger partial charge in [-0.3, -0.25) is 9.59 Å². The zero-order valence-corrected chi connectivity index (χ0v) is 16.5. The lowest BCUT2D eigenvalue weighted by molar-refractivity contribution is 0.495. The van der Waals surface area contributed by atoms with E-state index in [2.05, 4.69) is 11.1 Å². The van der Waals surface area contributed by atoms with Crippen LogP contribution in [0.1, 0.15) is 24.0 Å². The molecule has 0 spiro atoms. The van der Waals surface area contributed by atoms with E-state index in [1.807, 2.05) is 17.0 Å². The van der Waals surface area contributed by atoms with Gasteiger partial charge >= 0.3 is 0 Å². The molecule has 3 heterocycles. The maximum atomic E-state index is 13.1. The zero-order chi connectivity index (χ0) is 20.7. The highest BCUT2D eigenvalue weighted by Gasteiger charge is 2.26. The van der Waals surface area contributed by atoms with Gasteiger partial charge in [0.2, 0.25) is 5.95 Å². The molecular weight excluding hydrogens is 370 g/mol. The van der Waals surface area contributed by atoms with Gasteiger partial charge in [0.05, 0.1) is 18.2 Å². The Balaban J connectivity index is 1.99. The number of hydrogen-bond acceptors (Lipinski definition) is 6. The van der Waals surface area contributed by atoms with Crippen molar-refractivity contribution in [2.75, 3.05) is 18.0 Å². The molecule has 0 aliphatic carbocycles. The third-order valence-electron chi connectivity index (χ3n) is 5.60. The van der Waals surface area contributed by atoms with E-state index in [-0.39, 0.29) is 34.7 Å². The summed E-state index contributed by atoms with van der Waals surface area (Å²) in [6.07, 6.45) is 1.84. The van der Waals surface area contributed by atoms with Gasteiger partial charge in [0.15, 0.2) is 5.52 Å². The first-order valence-electron chi connectivity index (χ1n) is 9.57. The fourth-order valence-corrected chi connectivity index (χ4v) is 3.91. The van der Waals surface area contributed by atoms with Crippen LogP contribution in [0.4, 0.5) is 5.95 Å². The minimum atomic E-state index is -0.336. The maximum Gasteiger partial charge on any atom is 0.293 e. The predicted molar refractivity (Wildman–Crippen MR) is 110 cm³/mol. The molecule has 4 rings (SSSR count). The van der Waals surface area contributed by atoms with Crippen molar-refractivity contribution in [2.45, 2.75) is 25.4 Å². The van der Waals surface area contributed by atoms with Gasteiger partial charge in [0.25, 0.3) is 11.1 Å². The molecule has 0 bridgehead atoms. The maximum absolute atomic E-state index is 13.1.